The highest BCUT2D eigenvalue weighted by Crippen LogP contribution is 2.23. The Bertz CT molecular complexity index is 833. The number of carbonyl (C=O) groups is 2. The average Bonchev–Trinajstić information content (AvgIpc) is 2.62. The molecule has 0 aromatic heterocycles. The van der Waals surface area contributed by atoms with E-state index < -0.39 is 28.6 Å². The van der Waals surface area contributed by atoms with Crippen LogP contribution in [0.25, 0.3) is 0 Å². The lowest BCUT2D eigenvalue weighted by Gasteiger charge is -2.14. The number of hydrogen-bond acceptors (Lipinski definition) is 6. The maximum Gasteiger partial charge on any atom is 0.339 e. The minimum atomic E-state index is -1.08. The van der Waals surface area contributed by atoms with Crippen molar-refractivity contribution < 1.29 is 19.2 Å². The molecule has 1 amide bonds. The second kappa shape index (κ2) is 8.11. The number of amides is 1. The van der Waals surface area contributed by atoms with Crippen molar-refractivity contribution in [1.82, 2.24) is 0 Å². The van der Waals surface area contributed by atoms with Gasteiger partial charge >= 0.3 is 5.97 Å². The summed E-state index contributed by atoms with van der Waals surface area (Å²) in [5.41, 5.74) is 6.69. The van der Waals surface area contributed by atoms with E-state index in [1.54, 1.807) is 12.1 Å². The monoisotopic (exact) mass is 357 g/mol. The first-order valence-electron chi connectivity index (χ1n) is 7.96. The van der Waals surface area contributed by atoms with Gasteiger partial charge in [-0.05, 0) is 43.2 Å². The number of nitrogens with zero attached hydrogens (tertiary/aromatic N) is 1. The number of carbonyl (C=O) groups excluding carboxylic acids is 2. The summed E-state index contributed by atoms with van der Waals surface area (Å²) in [6.45, 7) is 3.44. The fraction of sp³-hybridized carbons (Fsp3) is 0.222. The average molecular weight is 357 g/mol. The molecule has 8 nitrogen and oxygen atoms in total. The van der Waals surface area contributed by atoms with Crippen LogP contribution in [0.3, 0.4) is 0 Å². The summed E-state index contributed by atoms with van der Waals surface area (Å²) >= 11 is 0. The van der Waals surface area contributed by atoms with Crippen LogP contribution in [0.15, 0.2) is 42.5 Å². The van der Waals surface area contributed by atoms with Crippen LogP contribution < -0.4 is 11.1 Å². The third-order valence-electron chi connectivity index (χ3n) is 3.75. The van der Waals surface area contributed by atoms with Crippen LogP contribution in [-0.4, -0.2) is 22.9 Å². The molecule has 0 saturated heterocycles. The van der Waals surface area contributed by atoms with Crippen molar-refractivity contribution in [1.29, 1.82) is 0 Å². The van der Waals surface area contributed by atoms with E-state index in [1.165, 1.54) is 19.1 Å². The molecule has 0 bridgehead atoms. The van der Waals surface area contributed by atoms with E-state index in [9.17, 15) is 19.7 Å². The van der Waals surface area contributed by atoms with Crippen molar-refractivity contribution in [3.8, 4) is 0 Å². The van der Waals surface area contributed by atoms with E-state index in [2.05, 4.69) is 5.32 Å². The van der Waals surface area contributed by atoms with Crippen LogP contribution in [0.1, 0.15) is 29.8 Å². The number of benzene rings is 2. The summed E-state index contributed by atoms with van der Waals surface area (Å²) < 4.78 is 5.08. The van der Waals surface area contributed by atoms with Crippen molar-refractivity contribution in [3.05, 3.63) is 63.7 Å². The Morgan fingerprint density at radius 3 is 2.46 bits per heavy atom. The number of nitro groups is 1. The van der Waals surface area contributed by atoms with Crippen molar-refractivity contribution in [2.75, 3.05) is 11.1 Å². The molecule has 0 fully saturated rings. The second-order valence-electron chi connectivity index (χ2n) is 5.62. The standard InChI is InChI=1S/C18H19N3O5/c1-3-12-4-7-14(8-5-12)20-17(22)11(2)26-18(23)13-6-9-15(19)16(10-13)21(24)25/h4-11H,3,19H2,1-2H3,(H,20,22)/t11-/m0/s1. The molecule has 2 aromatic carbocycles. The highest BCUT2D eigenvalue weighted by Gasteiger charge is 2.21. The van der Waals surface area contributed by atoms with Crippen LogP contribution in [-0.2, 0) is 16.0 Å². The van der Waals surface area contributed by atoms with E-state index in [1.807, 2.05) is 19.1 Å². The summed E-state index contributed by atoms with van der Waals surface area (Å²) in [6, 6.07) is 10.9. The Morgan fingerprint density at radius 2 is 1.88 bits per heavy atom. The second-order valence-corrected chi connectivity index (χ2v) is 5.62. The maximum absolute atomic E-state index is 12.1. The Kier molecular flexibility index (Phi) is 5.90. The first kappa shape index (κ1) is 18.9. The Labute approximate surface area is 150 Å². The molecule has 136 valence electrons. The minimum Gasteiger partial charge on any atom is -0.449 e. The quantitative estimate of drug-likeness (QED) is 0.354. The molecule has 0 aliphatic heterocycles. The molecule has 0 saturated carbocycles. The molecular weight excluding hydrogens is 338 g/mol. The van der Waals surface area contributed by atoms with E-state index in [4.69, 9.17) is 10.5 Å². The van der Waals surface area contributed by atoms with Gasteiger partial charge in [0.1, 0.15) is 5.69 Å². The first-order chi connectivity index (χ1) is 12.3. The molecule has 8 heteroatoms. The highest BCUT2D eigenvalue weighted by molar-refractivity contribution is 5.97. The molecule has 2 aromatic rings. The predicted octanol–water partition coefficient (Wildman–Crippen LogP) is 2.92. The molecule has 3 N–H and O–H groups in total. The molecule has 0 aliphatic carbocycles. The predicted molar refractivity (Wildman–Crippen MR) is 96.8 cm³/mol. The van der Waals surface area contributed by atoms with Gasteiger partial charge in [-0.15, -0.1) is 0 Å². The Hall–Kier alpha value is -3.42. The van der Waals surface area contributed by atoms with Crippen LogP contribution >= 0.6 is 0 Å². The van der Waals surface area contributed by atoms with Gasteiger partial charge < -0.3 is 15.8 Å². The zero-order chi connectivity index (χ0) is 19.3. The van der Waals surface area contributed by atoms with Crippen molar-refractivity contribution in [2.45, 2.75) is 26.4 Å². The van der Waals surface area contributed by atoms with Gasteiger partial charge in [-0.2, -0.15) is 0 Å². The fourth-order valence-electron chi connectivity index (χ4n) is 2.18. The largest absolute Gasteiger partial charge is 0.449 e. The molecule has 0 aliphatic rings. The third kappa shape index (κ3) is 4.56. The SMILES string of the molecule is CCc1ccc(NC(=O)[C@H](C)OC(=O)c2ccc(N)c([N+](=O)[O-])c2)cc1. The van der Waals surface area contributed by atoms with Crippen molar-refractivity contribution in [2.24, 2.45) is 0 Å². The van der Waals surface area contributed by atoms with E-state index in [-0.39, 0.29) is 11.3 Å². The number of hydrogen-bond donors (Lipinski definition) is 2. The van der Waals surface area contributed by atoms with E-state index >= 15 is 0 Å². The molecule has 0 radical (unpaired) electrons. The summed E-state index contributed by atoms with van der Waals surface area (Å²) in [5, 5.41) is 13.5. The van der Waals surface area contributed by atoms with Crippen LogP contribution in [0.4, 0.5) is 17.1 Å². The maximum atomic E-state index is 12.1. The molecule has 0 spiro atoms. The smallest absolute Gasteiger partial charge is 0.339 e. The molecular formula is C18H19N3O5. The summed E-state index contributed by atoms with van der Waals surface area (Å²) in [6.07, 6.45) is -0.194. The number of nitrogens with two attached hydrogens (primary N) is 1. The van der Waals surface area contributed by atoms with Crippen LogP contribution in [0, 0.1) is 10.1 Å². The molecule has 0 heterocycles. The molecule has 2 rings (SSSR count). The summed E-state index contributed by atoms with van der Waals surface area (Å²) in [7, 11) is 0. The number of nitrogen functional groups attached to an aromatic ring is 1. The number of nitrogens with one attached hydrogen (secondary N) is 1. The topological polar surface area (TPSA) is 125 Å². The normalized spacial score (nSPS) is 11.5. The fourth-order valence-corrected chi connectivity index (χ4v) is 2.18. The van der Waals surface area contributed by atoms with Crippen LogP contribution in [0.2, 0.25) is 0 Å². The Morgan fingerprint density at radius 1 is 1.23 bits per heavy atom. The molecule has 1 atom stereocenters. The van der Waals surface area contributed by atoms with E-state index in [0.29, 0.717) is 5.69 Å². The van der Waals surface area contributed by atoms with Gasteiger partial charge in [0.25, 0.3) is 11.6 Å². The summed E-state index contributed by atoms with van der Waals surface area (Å²) in [5.74, 6) is -1.36. The number of aryl methyl sites for hydroxylation is 1. The number of anilines is 2. The van der Waals surface area contributed by atoms with Gasteiger partial charge in [0.2, 0.25) is 0 Å². The van der Waals surface area contributed by atoms with Gasteiger partial charge in [0, 0.05) is 11.8 Å². The lowest BCUT2D eigenvalue weighted by atomic mass is 10.1. The zero-order valence-corrected chi connectivity index (χ0v) is 14.4. The zero-order valence-electron chi connectivity index (χ0n) is 14.4. The third-order valence-corrected chi connectivity index (χ3v) is 3.75. The lowest BCUT2D eigenvalue weighted by Crippen LogP contribution is -2.30. The first-order valence-corrected chi connectivity index (χ1v) is 7.96. The highest BCUT2D eigenvalue weighted by atomic mass is 16.6. The summed E-state index contributed by atoms with van der Waals surface area (Å²) in [4.78, 5) is 34.5. The number of ether oxygens (including phenoxy) is 1. The Balaban J connectivity index is 2.02. The van der Waals surface area contributed by atoms with Gasteiger partial charge in [0.05, 0.1) is 10.5 Å². The minimum absolute atomic E-state index is 0.0575. The lowest BCUT2D eigenvalue weighted by molar-refractivity contribution is -0.383. The van der Waals surface area contributed by atoms with Crippen molar-refractivity contribution >= 4 is 28.9 Å². The van der Waals surface area contributed by atoms with E-state index in [0.717, 1.165) is 18.1 Å². The number of esters is 1. The van der Waals surface area contributed by atoms with Gasteiger partial charge in [-0.3, -0.25) is 14.9 Å². The number of nitro benzene ring substituents is 1. The number of rotatable bonds is 6. The molecule has 26 heavy (non-hydrogen) atoms. The van der Waals surface area contributed by atoms with Crippen LogP contribution in [0.5, 0.6) is 0 Å². The van der Waals surface area contributed by atoms with Crippen molar-refractivity contribution in [3.63, 3.8) is 0 Å². The van der Waals surface area contributed by atoms with Gasteiger partial charge in [0.15, 0.2) is 6.10 Å². The molecule has 0 unspecified atom stereocenters. The van der Waals surface area contributed by atoms with Gasteiger partial charge in [-0.25, -0.2) is 4.79 Å². The van der Waals surface area contributed by atoms with Gasteiger partial charge in [-0.1, -0.05) is 19.1 Å².